The molecule has 1 heterocycles. The van der Waals surface area contributed by atoms with E-state index >= 15 is 0 Å². The van der Waals surface area contributed by atoms with Gasteiger partial charge in [-0.05, 0) is 31.6 Å². The minimum Gasteiger partial charge on any atom is -0.288 e. The molecule has 4 heteroatoms. The van der Waals surface area contributed by atoms with E-state index in [1.54, 1.807) is 0 Å². The smallest absolute Gasteiger partial charge is 0.272 e. The molecule has 0 N–H and O–H groups in total. The molecular weight excluding hydrogens is 198 g/mol. The van der Waals surface area contributed by atoms with Crippen molar-refractivity contribution in [1.82, 2.24) is 4.90 Å². The van der Waals surface area contributed by atoms with E-state index in [4.69, 9.17) is 5.26 Å². The van der Waals surface area contributed by atoms with Crippen LogP contribution in [0.5, 0.6) is 0 Å². The third-order valence-electron chi connectivity index (χ3n) is 3.58. The molecule has 0 unspecified atom stereocenters. The molecule has 15 heavy (non-hydrogen) atoms. The van der Waals surface area contributed by atoms with Crippen LogP contribution < -0.4 is 0 Å². The van der Waals surface area contributed by atoms with Crippen LogP contribution in [-0.4, -0.2) is 30.0 Å². The first-order chi connectivity index (χ1) is 7.11. The Morgan fingerprint density at radius 1 is 1.20 bits per heavy atom. The Balaban J connectivity index is 1.73. The number of alkyl halides is 2. The second kappa shape index (κ2) is 4.05. The fraction of sp³-hybridized carbons (Fsp3) is 0.909. The Kier molecular flexibility index (Phi) is 2.92. The zero-order valence-electron chi connectivity index (χ0n) is 8.75. The van der Waals surface area contributed by atoms with Crippen molar-refractivity contribution in [2.45, 2.75) is 44.1 Å². The molecule has 0 aromatic rings. The second-order valence-electron chi connectivity index (χ2n) is 4.80. The third-order valence-corrected chi connectivity index (χ3v) is 3.58. The van der Waals surface area contributed by atoms with E-state index in [-0.39, 0.29) is 13.1 Å². The molecule has 0 amide bonds. The van der Waals surface area contributed by atoms with Gasteiger partial charge in [0.15, 0.2) is 0 Å². The van der Waals surface area contributed by atoms with E-state index < -0.39 is 5.92 Å². The van der Waals surface area contributed by atoms with Crippen molar-refractivity contribution in [3.63, 3.8) is 0 Å². The Morgan fingerprint density at radius 3 is 2.27 bits per heavy atom. The van der Waals surface area contributed by atoms with E-state index in [2.05, 4.69) is 6.07 Å². The Hall–Kier alpha value is -0.690. The second-order valence-corrected chi connectivity index (χ2v) is 4.80. The lowest BCUT2D eigenvalue weighted by atomic mass is 9.83. The van der Waals surface area contributed by atoms with Crippen LogP contribution in [0.3, 0.4) is 0 Å². The SMILES string of the molecule is N#CC[C@H]1CC[C@H](N2CC(F)(F)C2)CC1. The van der Waals surface area contributed by atoms with Crippen molar-refractivity contribution in [3.05, 3.63) is 0 Å². The van der Waals surface area contributed by atoms with Gasteiger partial charge in [-0.25, -0.2) is 8.78 Å². The van der Waals surface area contributed by atoms with Gasteiger partial charge in [0.25, 0.3) is 5.92 Å². The van der Waals surface area contributed by atoms with Gasteiger partial charge in [-0.15, -0.1) is 0 Å². The number of hydrogen-bond acceptors (Lipinski definition) is 2. The summed E-state index contributed by atoms with van der Waals surface area (Å²) in [7, 11) is 0. The lowest BCUT2D eigenvalue weighted by Gasteiger charge is -2.46. The molecule has 2 nitrogen and oxygen atoms in total. The van der Waals surface area contributed by atoms with Gasteiger partial charge in [0, 0.05) is 12.5 Å². The minimum absolute atomic E-state index is 0.0550. The van der Waals surface area contributed by atoms with E-state index in [0.717, 1.165) is 25.7 Å². The fourth-order valence-electron chi connectivity index (χ4n) is 2.65. The van der Waals surface area contributed by atoms with Crippen molar-refractivity contribution < 1.29 is 8.78 Å². The van der Waals surface area contributed by atoms with Crippen LogP contribution >= 0.6 is 0 Å². The maximum absolute atomic E-state index is 12.7. The summed E-state index contributed by atoms with van der Waals surface area (Å²) >= 11 is 0. The first kappa shape index (κ1) is 10.8. The maximum Gasteiger partial charge on any atom is 0.272 e. The topological polar surface area (TPSA) is 27.0 Å². The zero-order chi connectivity index (χ0) is 10.9. The highest BCUT2D eigenvalue weighted by atomic mass is 19.3. The van der Waals surface area contributed by atoms with Crippen molar-refractivity contribution in [2.24, 2.45) is 5.92 Å². The van der Waals surface area contributed by atoms with Gasteiger partial charge in [0.1, 0.15) is 0 Å². The number of hydrogen-bond donors (Lipinski definition) is 0. The first-order valence-corrected chi connectivity index (χ1v) is 5.59. The number of likely N-dealkylation sites (tertiary alicyclic amines) is 1. The summed E-state index contributed by atoms with van der Waals surface area (Å²) in [5.41, 5.74) is 0. The highest BCUT2D eigenvalue weighted by Gasteiger charge is 2.46. The van der Waals surface area contributed by atoms with Crippen LogP contribution in [0.1, 0.15) is 32.1 Å². The fourth-order valence-corrected chi connectivity index (χ4v) is 2.65. The van der Waals surface area contributed by atoms with Gasteiger partial charge in [0.2, 0.25) is 0 Å². The number of nitrogens with zero attached hydrogens (tertiary/aromatic N) is 2. The molecule has 2 rings (SSSR count). The number of nitriles is 1. The molecule has 0 spiro atoms. The Bertz CT molecular complexity index is 256. The summed E-state index contributed by atoms with van der Waals surface area (Å²) in [5.74, 6) is -1.93. The first-order valence-electron chi connectivity index (χ1n) is 5.59. The standard InChI is InChI=1S/C11H16F2N2/c12-11(13)7-15(8-11)10-3-1-9(2-4-10)5-6-14/h9-10H,1-5,7-8H2/t9-,10-. The monoisotopic (exact) mass is 214 g/mol. The van der Waals surface area contributed by atoms with E-state index in [1.807, 2.05) is 4.90 Å². The van der Waals surface area contributed by atoms with Gasteiger partial charge < -0.3 is 0 Å². The lowest BCUT2D eigenvalue weighted by molar-refractivity contribution is -0.150. The number of halogens is 2. The summed E-state index contributed by atoms with van der Waals surface area (Å²) in [6.07, 6.45) is 4.66. The van der Waals surface area contributed by atoms with Crippen molar-refractivity contribution >= 4 is 0 Å². The summed E-state index contributed by atoms with van der Waals surface area (Å²) in [6, 6.07) is 2.54. The summed E-state index contributed by atoms with van der Waals surface area (Å²) < 4.78 is 25.3. The van der Waals surface area contributed by atoms with E-state index in [0.29, 0.717) is 18.4 Å². The molecular formula is C11H16F2N2. The van der Waals surface area contributed by atoms with E-state index in [1.165, 1.54) is 0 Å². The van der Waals surface area contributed by atoms with Gasteiger partial charge >= 0.3 is 0 Å². The van der Waals surface area contributed by atoms with Crippen molar-refractivity contribution in [1.29, 1.82) is 5.26 Å². The van der Waals surface area contributed by atoms with Crippen LogP contribution in [-0.2, 0) is 0 Å². The van der Waals surface area contributed by atoms with Gasteiger partial charge in [0.05, 0.1) is 19.2 Å². The average molecular weight is 214 g/mol. The molecule has 1 saturated heterocycles. The van der Waals surface area contributed by atoms with Crippen LogP contribution in [0, 0.1) is 17.2 Å². The molecule has 1 aliphatic carbocycles. The normalized spacial score (nSPS) is 35.5. The Labute approximate surface area is 88.9 Å². The van der Waals surface area contributed by atoms with Crippen LogP contribution in [0.4, 0.5) is 8.78 Å². The summed E-state index contributed by atoms with van der Waals surface area (Å²) in [6.45, 7) is -0.110. The lowest BCUT2D eigenvalue weighted by Crippen LogP contribution is -2.60. The molecule has 0 aromatic heterocycles. The third kappa shape index (κ3) is 2.46. The highest BCUT2D eigenvalue weighted by molar-refractivity contribution is 4.93. The molecule has 2 fully saturated rings. The molecule has 84 valence electrons. The van der Waals surface area contributed by atoms with Crippen molar-refractivity contribution in [2.75, 3.05) is 13.1 Å². The van der Waals surface area contributed by atoms with Crippen LogP contribution in [0.15, 0.2) is 0 Å². The summed E-state index contributed by atoms with van der Waals surface area (Å²) in [5, 5.41) is 8.56. The van der Waals surface area contributed by atoms with Gasteiger partial charge in [-0.1, -0.05) is 0 Å². The maximum atomic E-state index is 12.7. The van der Waals surface area contributed by atoms with E-state index in [9.17, 15) is 8.78 Å². The Morgan fingerprint density at radius 2 is 1.80 bits per heavy atom. The number of rotatable bonds is 2. The molecule has 0 atom stereocenters. The van der Waals surface area contributed by atoms with Gasteiger partial charge in [-0.2, -0.15) is 5.26 Å². The van der Waals surface area contributed by atoms with Gasteiger partial charge in [-0.3, -0.25) is 4.90 Å². The highest BCUT2D eigenvalue weighted by Crippen LogP contribution is 2.35. The summed E-state index contributed by atoms with van der Waals surface area (Å²) in [4.78, 5) is 1.89. The predicted octanol–water partition coefficient (Wildman–Crippen LogP) is 2.41. The molecule has 1 saturated carbocycles. The average Bonchev–Trinajstić information content (AvgIpc) is 2.16. The molecule has 1 aliphatic heterocycles. The zero-order valence-corrected chi connectivity index (χ0v) is 8.75. The quantitative estimate of drug-likeness (QED) is 0.705. The van der Waals surface area contributed by atoms with Crippen LogP contribution in [0.2, 0.25) is 0 Å². The minimum atomic E-state index is -2.44. The largest absolute Gasteiger partial charge is 0.288 e. The molecule has 0 bridgehead atoms. The molecule has 0 radical (unpaired) electrons. The van der Waals surface area contributed by atoms with Crippen LogP contribution in [0.25, 0.3) is 0 Å². The predicted molar refractivity (Wildman–Crippen MR) is 52.5 cm³/mol. The molecule has 0 aromatic carbocycles. The van der Waals surface area contributed by atoms with Crippen molar-refractivity contribution in [3.8, 4) is 6.07 Å². The molecule has 2 aliphatic rings.